The summed E-state index contributed by atoms with van der Waals surface area (Å²) in [5, 5.41) is 7.32. The second-order valence-corrected chi connectivity index (χ2v) is 7.46. The van der Waals surface area contributed by atoms with E-state index in [1.165, 1.54) is 0 Å². The molecule has 2 atom stereocenters. The highest BCUT2D eigenvalue weighted by Gasteiger charge is 2.59. The van der Waals surface area contributed by atoms with E-state index in [4.69, 9.17) is 0 Å². The molecule has 3 aromatic rings. The van der Waals surface area contributed by atoms with Crippen LogP contribution in [0.2, 0.25) is 0 Å². The van der Waals surface area contributed by atoms with E-state index in [1.807, 2.05) is 37.5 Å². The highest BCUT2D eigenvalue weighted by molar-refractivity contribution is 6.08. The van der Waals surface area contributed by atoms with Crippen LogP contribution in [-0.2, 0) is 24.3 Å². The molecule has 0 radical (unpaired) electrons. The quantitative estimate of drug-likeness (QED) is 0.737. The Labute approximate surface area is 161 Å². The molecule has 1 fully saturated rings. The number of imidazole rings is 1. The van der Waals surface area contributed by atoms with E-state index in [1.54, 1.807) is 39.9 Å². The summed E-state index contributed by atoms with van der Waals surface area (Å²) in [6.45, 7) is 0.478. The number of fused-ring (bicyclic) bond motifs is 2. The summed E-state index contributed by atoms with van der Waals surface area (Å²) in [7, 11) is 3.63. The average molecular weight is 376 g/mol. The van der Waals surface area contributed by atoms with Gasteiger partial charge in [0, 0.05) is 38.1 Å². The van der Waals surface area contributed by atoms with E-state index in [9.17, 15) is 9.59 Å². The number of hydrogen-bond donors (Lipinski definition) is 1. The second kappa shape index (κ2) is 5.79. The lowest BCUT2D eigenvalue weighted by Crippen LogP contribution is -2.42. The third-order valence-electron chi connectivity index (χ3n) is 5.92. The fourth-order valence-corrected chi connectivity index (χ4v) is 4.66. The van der Waals surface area contributed by atoms with Gasteiger partial charge in [-0.3, -0.25) is 14.3 Å². The Morgan fingerprint density at radius 3 is 2.79 bits per heavy atom. The molecule has 2 aliphatic rings. The molecule has 1 aromatic carbocycles. The molecule has 0 unspecified atom stereocenters. The topological polar surface area (TPSA) is 85.0 Å². The number of nitrogens with one attached hydrogen (secondary N) is 1. The Hall–Kier alpha value is -3.42. The minimum Gasteiger partial charge on any atom is -0.330 e. The van der Waals surface area contributed by atoms with Gasteiger partial charge in [-0.05, 0) is 18.1 Å². The zero-order chi connectivity index (χ0) is 19.5. The molecule has 8 nitrogen and oxygen atoms in total. The van der Waals surface area contributed by atoms with E-state index in [-0.39, 0.29) is 11.8 Å². The Morgan fingerprint density at radius 2 is 2.07 bits per heavy atom. The number of hydrogen-bond acceptors (Lipinski definition) is 4. The second-order valence-electron chi connectivity index (χ2n) is 7.46. The summed E-state index contributed by atoms with van der Waals surface area (Å²) in [6, 6.07) is 7.30. The van der Waals surface area contributed by atoms with Gasteiger partial charge >= 0.3 is 0 Å². The Morgan fingerprint density at radius 1 is 1.25 bits per heavy atom. The average Bonchev–Trinajstić information content (AvgIpc) is 3.43. The molecule has 2 aliphatic heterocycles. The lowest BCUT2D eigenvalue weighted by Gasteiger charge is -2.33. The van der Waals surface area contributed by atoms with Gasteiger partial charge in [0.1, 0.15) is 11.1 Å². The number of para-hydroxylation sites is 1. The number of benzene rings is 1. The van der Waals surface area contributed by atoms with Crippen LogP contribution in [0.5, 0.6) is 0 Å². The van der Waals surface area contributed by atoms with Gasteiger partial charge in [-0.25, -0.2) is 4.98 Å². The van der Waals surface area contributed by atoms with Gasteiger partial charge in [-0.1, -0.05) is 18.2 Å². The van der Waals surface area contributed by atoms with Crippen molar-refractivity contribution in [3.8, 4) is 0 Å². The van der Waals surface area contributed by atoms with E-state index in [2.05, 4.69) is 15.4 Å². The van der Waals surface area contributed by atoms with E-state index in [0.717, 1.165) is 16.8 Å². The smallest absolute Gasteiger partial charge is 0.272 e. The van der Waals surface area contributed by atoms with Crippen molar-refractivity contribution in [2.75, 3.05) is 11.9 Å². The molecule has 2 amide bonds. The monoisotopic (exact) mass is 376 g/mol. The van der Waals surface area contributed by atoms with Gasteiger partial charge in [0.05, 0.1) is 24.8 Å². The maximum Gasteiger partial charge on any atom is 0.272 e. The number of carbonyl (C=O) groups excluding carboxylic acids is 2. The van der Waals surface area contributed by atoms with Gasteiger partial charge in [-0.15, -0.1) is 0 Å². The summed E-state index contributed by atoms with van der Waals surface area (Å²) >= 11 is 0. The van der Waals surface area contributed by atoms with E-state index >= 15 is 0 Å². The number of carbonyl (C=O) groups is 2. The van der Waals surface area contributed by atoms with Crippen molar-refractivity contribution in [1.82, 2.24) is 24.2 Å². The van der Waals surface area contributed by atoms with Crippen LogP contribution < -0.4 is 5.32 Å². The van der Waals surface area contributed by atoms with Crippen LogP contribution in [0.4, 0.5) is 5.69 Å². The fourth-order valence-electron chi connectivity index (χ4n) is 4.66. The van der Waals surface area contributed by atoms with Crippen LogP contribution in [0.25, 0.3) is 0 Å². The molecule has 4 heterocycles. The predicted molar refractivity (Wildman–Crippen MR) is 102 cm³/mol. The Balaban J connectivity index is 1.68. The molecule has 142 valence electrons. The normalized spacial score (nSPS) is 23.3. The number of anilines is 1. The van der Waals surface area contributed by atoms with Crippen LogP contribution in [0, 0.1) is 0 Å². The summed E-state index contributed by atoms with van der Waals surface area (Å²) in [5.74, 6) is -0.203. The number of amides is 2. The Bertz CT molecular complexity index is 1100. The van der Waals surface area contributed by atoms with Crippen molar-refractivity contribution in [2.24, 2.45) is 14.1 Å². The number of rotatable bonds is 2. The molecular formula is C20H20N6O2. The summed E-state index contributed by atoms with van der Waals surface area (Å²) < 4.78 is 3.41. The SMILES string of the molecule is Cn1cc([C@@H]2N(C(=O)c3cncn3C)CC[C@]23C(=O)Nc2ccccc23)cn1. The maximum atomic E-state index is 13.4. The lowest BCUT2D eigenvalue weighted by atomic mass is 9.73. The van der Waals surface area contributed by atoms with Crippen LogP contribution in [0.1, 0.15) is 34.1 Å². The van der Waals surface area contributed by atoms with E-state index in [0.29, 0.717) is 18.7 Å². The largest absolute Gasteiger partial charge is 0.330 e. The zero-order valence-corrected chi connectivity index (χ0v) is 15.7. The molecule has 1 N–H and O–H groups in total. The summed E-state index contributed by atoms with van der Waals surface area (Å²) in [6.07, 6.45) is 7.36. The van der Waals surface area contributed by atoms with Crippen molar-refractivity contribution in [1.29, 1.82) is 0 Å². The van der Waals surface area contributed by atoms with Gasteiger partial charge in [0.2, 0.25) is 5.91 Å². The molecule has 0 aliphatic carbocycles. The molecule has 1 spiro atoms. The van der Waals surface area contributed by atoms with Crippen LogP contribution in [0.15, 0.2) is 49.2 Å². The van der Waals surface area contributed by atoms with Gasteiger partial charge in [0.25, 0.3) is 5.91 Å². The third-order valence-corrected chi connectivity index (χ3v) is 5.92. The minimum atomic E-state index is -0.826. The first kappa shape index (κ1) is 16.7. The van der Waals surface area contributed by atoms with Crippen molar-refractivity contribution in [3.05, 3.63) is 66.0 Å². The first-order chi connectivity index (χ1) is 13.5. The number of aromatic nitrogens is 4. The van der Waals surface area contributed by atoms with E-state index < -0.39 is 11.5 Å². The predicted octanol–water partition coefficient (Wildman–Crippen LogP) is 1.63. The molecular weight excluding hydrogens is 356 g/mol. The van der Waals surface area contributed by atoms with Crippen molar-refractivity contribution < 1.29 is 9.59 Å². The van der Waals surface area contributed by atoms with Crippen LogP contribution in [-0.4, -0.2) is 42.6 Å². The highest BCUT2D eigenvalue weighted by Crippen LogP contribution is 2.54. The standard InChI is InChI=1S/C20H20N6O2/c1-24-12-21-10-16(24)18(27)26-8-7-20(17(26)13-9-22-25(2)11-13)14-5-3-4-6-15(14)23-19(20)28/h3-6,9-12,17H,7-8H2,1-2H3,(H,23,28)/t17-,20+/m0/s1. The molecule has 8 heteroatoms. The highest BCUT2D eigenvalue weighted by atomic mass is 16.2. The van der Waals surface area contributed by atoms with Crippen LogP contribution in [0.3, 0.4) is 0 Å². The van der Waals surface area contributed by atoms with Gasteiger partial charge in [0.15, 0.2) is 0 Å². The maximum absolute atomic E-state index is 13.4. The molecule has 0 bridgehead atoms. The first-order valence-electron chi connectivity index (χ1n) is 9.19. The molecule has 2 aromatic heterocycles. The van der Waals surface area contributed by atoms with Crippen LogP contribution >= 0.6 is 0 Å². The number of aryl methyl sites for hydroxylation is 2. The molecule has 0 saturated carbocycles. The lowest BCUT2D eigenvalue weighted by molar-refractivity contribution is -0.121. The number of likely N-dealkylation sites (tertiary alicyclic amines) is 1. The summed E-state index contributed by atoms with van der Waals surface area (Å²) in [4.78, 5) is 32.5. The zero-order valence-electron chi connectivity index (χ0n) is 15.7. The van der Waals surface area contributed by atoms with Crippen molar-refractivity contribution >= 4 is 17.5 Å². The minimum absolute atomic E-state index is 0.0668. The molecule has 28 heavy (non-hydrogen) atoms. The Kier molecular flexibility index (Phi) is 3.46. The third kappa shape index (κ3) is 2.11. The first-order valence-corrected chi connectivity index (χ1v) is 9.19. The molecule has 1 saturated heterocycles. The number of nitrogens with zero attached hydrogens (tertiary/aromatic N) is 5. The fraction of sp³-hybridized carbons (Fsp3) is 0.300. The van der Waals surface area contributed by atoms with Crippen molar-refractivity contribution in [3.63, 3.8) is 0 Å². The summed E-state index contributed by atoms with van der Waals surface area (Å²) in [5.41, 5.74) is 2.28. The molecule has 5 rings (SSSR count). The van der Waals surface area contributed by atoms with Gasteiger partial charge < -0.3 is 14.8 Å². The van der Waals surface area contributed by atoms with Gasteiger partial charge in [-0.2, -0.15) is 5.10 Å². The van der Waals surface area contributed by atoms with Crippen molar-refractivity contribution in [2.45, 2.75) is 17.9 Å².